The van der Waals surface area contributed by atoms with Crippen molar-refractivity contribution in [2.75, 3.05) is 0 Å². The molecule has 2 aliphatic carbocycles. The molecule has 0 radical (unpaired) electrons. The van der Waals surface area contributed by atoms with E-state index in [1.807, 2.05) is 6.07 Å². The SMILES string of the molecule is O=S(=O)(NC1CC2CCC1C2)c1ccccc1Br. The smallest absolute Gasteiger partial charge is 0.208 e. The van der Waals surface area contributed by atoms with E-state index in [1.54, 1.807) is 18.2 Å². The Hall–Kier alpha value is -0.390. The van der Waals surface area contributed by atoms with Crippen molar-refractivity contribution in [2.45, 2.75) is 36.6 Å². The second-order valence-electron chi connectivity index (χ2n) is 5.33. The van der Waals surface area contributed by atoms with Gasteiger partial charge in [-0.3, -0.25) is 0 Å². The van der Waals surface area contributed by atoms with E-state index in [1.165, 1.54) is 19.3 Å². The molecule has 2 saturated carbocycles. The summed E-state index contributed by atoms with van der Waals surface area (Å²) >= 11 is 3.30. The summed E-state index contributed by atoms with van der Waals surface area (Å²) in [5, 5.41) is 0. The summed E-state index contributed by atoms with van der Waals surface area (Å²) in [6, 6.07) is 7.11. The molecule has 3 rings (SSSR count). The fraction of sp³-hybridized carbons (Fsp3) is 0.538. The maximum Gasteiger partial charge on any atom is 0.241 e. The first-order valence-corrected chi connectivity index (χ1v) is 8.61. The molecule has 3 unspecified atom stereocenters. The van der Waals surface area contributed by atoms with Gasteiger partial charge in [0.15, 0.2) is 0 Å². The second kappa shape index (κ2) is 4.62. The zero-order chi connectivity index (χ0) is 12.8. The Morgan fingerprint density at radius 2 is 1.94 bits per heavy atom. The number of hydrogen-bond acceptors (Lipinski definition) is 2. The fourth-order valence-corrected chi connectivity index (χ4v) is 5.64. The van der Waals surface area contributed by atoms with Crippen molar-refractivity contribution in [3.05, 3.63) is 28.7 Å². The quantitative estimate of drug-likeness (QED) is 0.926. The zero-order valence-corrected chi connectivity index (χ0v) is 12.4. The summed E-state index contributed by atoms with van der Waals surface area (Å²) in [4.78, 5) is 0.341. The Morgan fingerprint density at radius 3 is 2.56 bits per heavy atom. The van der Waals surface area contributed by atoms with E-state index in [0.29, 0.717) is 15.3 Å². The summed E-state index contributed by atoms with van der Waals surface area (Å²) in [5.74, 6) is 1.29. The Morgan fingerprint density at radius 1 is 1.17 bits per heavy atom. The highest BCUT2D eigenvalue weighted by atomic mass is 79.9. The molecule has 1 N–H and O–H groups in total. The lowest BCUT2D eigenvalue weighted by Gasteiger charge is -2.23. The van der Waals surface area contributed by atoms with Crippen LogP contribution in [0.2, 0.25) is 0 Å². The van der Waals surface area contributed by atoms with Gasteiger partial charge in [0.1, 0.15) is 0 Å². The minimum absolute atomic E-state index is 0.140. The van der Waals surface area contributed by atoms with Crippen molar-refractivity contribution in [3.63, 3.8) is 0 Å². The van der Waals surface area contributed by atoms with Gasteiger partial charge in [-0.1, -0.05) is 18.6 Å². The first kappa shape index (κ1) is 12.6. The summed E-state index contributed by atoms with van der Waals surface area (Å²) in [5.41, 5.74) is 0. The molecule has 98 valence electrons. The van der Waals surface area contributed by atoms with E-state index >= 15 is 0 Å². The van der Waals surface area contributed by atoms with Gasteiger partial charge < -0.3 is 0 Å². The maximum absolute atomic E-state index is 12.3. The predicted octanol–water partition coefficient (Wildman–Crippen LogP) is 2.92. The van der Waals surface area contributed by atoms with Crippen LogP contribution >= 0.6 is 15.9 Å². The molecule has 0 heterocycles. The van der Waals surface area contributed by atoms with Gasteiger partial charge in [-0.05, 0) is 59.2 Å². The van der Waals surface area contributed by atoms with E-state index in [9.17, 15) is 8.42 Å². The minimum atomic E-state index is -3.39. The number of nitrogens with one attached hydrogen (secondary N) is 1. The van der Waals surface area contributed by atoms with Crippen molar-refractivity contribution in [1.82, 2.24) is 4.72 Å². The lowest BCUT2D eigenvalue weighted by molar-refractivity contribution is 0.390. The maximum atomic E-state index is 12.3. The van der Waals surface area contributed by atoms with Gasteiger partial charge in [-0.2, -0.15) is 0 Å². The monoisotopic (exact) mass is 329 g/mol. The molecule has 0 aromatic heterocycles. The first-order valence-electron chi connectivity index (χ1n) is 6.33. The van der Waals surface area contributed by atoms with Gasteiger partial charge in [-0.15, -0.1) is 0 Å². The van der Waals surface area contributed by atoms with Crippen molar-refractivity contribution in [2.24, 2.45) is 11.8 Å². The van der Waals surface area contributed by atoms with Crippen molar-refractivity contribution < 1.29 is 8.42 Å². The molecule has 2 aliphatic rings. The summed E-state index contributed by atoms with van der Waals surface area (Å²) in [6.45, 7) is 0. The third-order valence-corrected chi connectivity index (χ3v) is 6.67. The van der Waals surface area contributed by atoms with Gasteiger partial charge >= 0.3 is 0 Å². The number of benzene rings is 1. The third-order valence-electron chi connectivity index (χ3n) is 4.17. The first-order chi connectivity index (χ1) is 8.56. The van der Waals surface area contributed by atoms with Crippen LogP contribution in [0.3, 0.4) is 0 Å². The second-order valence-corrected chi connectivity index (χ2v) is 7.87. The molecular formula is C13H16BrNO2S. The molecule has 3 atom stereocenters. The topological polar surface area (TPSA) is 46.2 Å². The number of rotatable bonds is 3. The van der Waals surface area contributed by atoms with Crippen molar-refractivity contribution >= 4 is 26.0 Å². The van der Waals surface area contributed by atoms with E-state index in [0.717, 1.165) is 12.3 Å². The van der Waals surface area contributed by atoms with Crippen LogP contribution in [0.15, 0.2) is 33.6 Å². The predicted molar refractivity (Wildman–Crippen MR) is 73.7 cm³/mol. The molecule has 2 fully saturated rings. The Balaban J connectivity index is 1.82. The van der Waals surface area contributed by atoms with E-state index < -0.39 is 10.0 Å². The number of sulfonamides is 1. The van der Waals surface area contributed by atoms with Crippen LogP contribution in [0.4, 0.5) is 0 Å². The van der Waals surface area contributed by atoms with Gasteiger partial charge in [0.05, 0.1) is 4.90 Å². The highest BCUT2D eigenvalue weighted by Gasteiger charge is 2.41. The summed E-state index contributed by atoms with van der Waals surface area (Å²) < 4.78 is 28.2. The highest BCUT2D eigenvalue weighted by Crippen LogP contribution is 2.44. The Kier molecular flexibility index (Phi) is 3.24. The standard InChI is InChI=1S/C13H16BrNO2S/c14-11-3-1-2-4-13(11)18(16,17)15-12-8-9-5-6-10(12)7-9/h1-4,9-10,12,15H,5-8H2. The molecule has 2 bridgehead atoms. The van der Waals surface area contributed by atoms with Crippen LogP contribution in [-0.4, -0.2) is 14.5 Å². The van der Waals surface area contributed by atoms with Crippen LogP contribution in [-0.2, 0) is 10.0 Å². The Labute approximate surface area is 116 Å². The van der Waals surface area contributed by atoms with E-state index in [2.05, 4.69) is 20.7 Å². The lowest BCUT2D eigenvalue weighted by atomic mass is 9.96. The molecule has 0 saturated heterocycles. The number of halogens is 1. The largest absolute Gasteiger partial charge is 0.241 e. The molecule has 1 aromatic rings. The van der Waals surface area contributed by atoms with Crippen LogP contribution in [0.5, 0.6) is 0 Å². The fourth-order valence-electron chi connectivity index (χ4n) is 3.31. The summed E-state index contributed by atoms with van der Waals surface area (Å²) in [6.07, 6.45) is 4.66. The molecule has 0 spiro atoms. The molecule has 18 heavy (non-hydrogen) atoms. The number of hydrogen-bond donors (Lipinski definition) is 1. The van der Waals surface area contributed by atoms with Crippen LogP contribution in [0, 0.1) is 11.8 Å². The van der Waals surface area contributed by atoms with Gasteiger partial charge in [0.2, 0.25) is 10.0 Å². The van der Waals surface area contributed by atoms with Gasteiger partial charge in [0, 0.05) is 10.5 Å². The molecule has 0 amide bonds. The van der Waals surface area contributed by atoms with Crippen LogP contribution in [0.1, 0.15) is 25.7 Å². The van der Waals surface area contributed by atoms with Crippen LogP contribution in [0.25, 0.3) is 0 Å². The molecule has 1 aromatic carbocycles. The third kappa shape index (κ3) is 2.24. The molecular weight excluding hydrogens is 314 g/mol. The van der Waals surface area contributed by atoms with E-state index in [-0.39, 0.29) is 6.04 Å². The molecule has 0 aliphatic heterocycles. The molecule has 5 heteroatoms. The van der Waals surface area contributed by atoms with Crippen molar-refractivity contribution in [1.29, 1.82) is 0 Å². The van der Waals surface area contributed by atoms with E-state index in [4.69, 9.17) is 0 Å². The van der Waals surface area contributed by atoms with Gasteiger partial charge in [0.25, 0.3) is 0 Å². The molecule has 3 nitrogen and oxygen atoms in total. The normalized spacial score (nSPS) is 30.8. The Bertz CT molecular complexity index is 558. The minimum Gasteiger partial charge on any atom is -0.208 e. The number of fused-ring (bicyclic) bond motifs is 2. The van der Waals surface area contributed by atoms with Gasteiger partial charge in [-0.25, -0.2) is 13.1 Å². The van der Waals surface area contributed by atoms with Crippen molar-refractivity contribution in [3.8, 4) is 0 Å². The average Bonchev–Trinajstić information content (AvgIpc) is 2.90. The summed E-state index contributed by atoms with van der Waals surface area (Å²) in [7, 11) is -3.39. The lowest BCUT2D eigenvalue weighted by Crippen LogP contribution is -2.38. The average molecular weight is 330 g/mol. The van der Waals surface area contributed by atoms with Crippen LogP contribution < -0.4 is 4.72 Å². The zero-order valence-electron chi connectivity index (χ0n) is 9.97. The highest BCUT2D eigenvalue weighted by molar-refractivity contribution is 9.10.